The Labute approximate surface area is 84.5 Å². The number of fused-ring (bicyclic) bond motifs is 1. The van der Waals surface area contributed by atoms with Crippen LogP contribution in [0, 0.1) is 0 Å². The van der Waals surface area contributed by atoms with Gasteiger partial charge in [-0.15, -0.1) is 0 Å². The molecule has 1 unspecified atom stereocenters. The van der Waals surface area contributed by atoms with E-state index in [2.05, 4.69) is 18.0 Å². The van der Waals surface area contributed by atoms with Crippen LogP contribution < -0.4 is 15.4 Å². The number of nitrogens with zero attached hydrogens (tertiary/aromatic N) is 1. The molecule has 0 aromatic heterocycles. The summed E-state index contributed by atoms with van der Waals surface area (Å²) in [4.78, 5) is 2.23. The first kappa shape index (κ1) is 9.34. The summed E-state index contributed by atoms with van der Waals surface area (Å²) < 4.78 is 5.33. The smallest absolute Gasteiger partial charge is 0.124 e. The van der Waals surface area contributed by atoms with Crippen LogP contribution in [0.1, 0.15) is 5.56 Å². The molecule has 1 aliphatic heterocycles. The van der Waals surface area contributed by atoms with E-state index in [-0.39, 0.29) is 0 Å². The van der Waals surface area contributed by atoms with Gasteiger partial charge in [0.15, 0.2) is 0 Å². The average molecular weight is 192 g/mol. The van der Waals surface area contributed by atoms with Crippen molar-refractivity contribution in [1.82, 2.24) is 0 Å². The minimum absolute atomic E-state index is 0.418. The summed E-state index contributed by atoms with van der Waals surface area (Å²) >= 11 is 0. The van der Waals surface area contributed by atoms with Gasteiger partial charge in [0.2, 0.25) is 0 Å². The van der Waals surface area contributed by atoms with Gasteiger partial charge in [0.1, 0.15) is 5.75 Å². The number of hydrogen-bond acceptors (Lipinski definition) is 3. The van der Waals surface area contributed by atoms with Gasteiger partial charge in [-0.3, -0.25) is 0 Å². The van der Waals surface area contributed by atoms with Gasteiger partial charge in [-0.25, -0.2) is 0 Å². The van der Waals surface area contributed by atoms with Crippen LogP contribution in [0.25, 0.3) is 0 Å². The van der Waals surface area contributed by atoms with Crippen molar-refractivity contribution in [3.63, 3.8) is 0 Å². The van der Waals surface area contributed by atoms with Crippen LogP contribution in [0.2, 0.25) is 0 Å². The molecule has 3 heteroatoms. The van der Waals surface area contributed by atoms with Crippen molar-refractivity contribution < 1.29 is 4.74 Å². The Morgan fingerprint density at radius 3 is 3.00 bits per heavy atom. The predicted molar refractivity (Wildman–Crippen MR) is 57.9 cm³/mol. The molecule has 0 amide bonds. The highest BCUT2D eigenvalue weighted by Crippen LogP contribution is 2.36. The monoisotopic (exact) mass is 192 g/mol. The third kappa shape index (κ3) is 1.24. The molecule has 0 radical (unpaired) electrons. The molecule has 2 N–H and O–H groups in total. The number of rotatable bonds is 2. The molecule has 0 aliphatic carbocycles. The zero-order chi connectivity index (χ0) is 10.1. The minimum atomic E-state index is 0.418. The lowest BCUT2D eigenvalue weighted by atomic mass is 10.1. The van der Waals surface area contributed by atoms with Crippen molar-refractivity contribution in [3.8, 4) is 5.75 Å². The van der Waals surface area contributed by atoms with Crippen LogP contribution in [0.4, 0.5) is 5.69 Å². The normalized spacial score (nSPS) is 19.6. The summed E-state index contributed by atoms with van der Waals surface area (Å²) in [6.07, 6.45) is 0.992. The van der Waals surface area contributed by atoms with Gasteiger partial charge < -0.3 is 15.4 Å². The van der Waals surface area contributed by atoms with E-state index in [0.29, 0.717) is 12.6 Å². The summed E-state index contributed by atoms with van der Waals surface area (Å²) in [5, 5.41) is 0. The van der Waals surface area contributed by atoms with Crippen molar-refractivity contribution in [3.05, 3.63) is 23.8 Å². The van der Waals surface area contributed by atoms with Crippen molar-refractivity contribution in [2.45, 2.75) is 12.5 Å². The summed E-state index contributed by atoms with van der Waals surface area (Å²) in [5.41, 5.74) is 8.25. The summed E-state index contributed by atoms with van der Waals surface area (Å²) in [5.74, 6) is 0.977. The largest absolute Gasteiger partial charge is 0.496 e. The summed E-state index contributed by atoms with van der Waals surface area (Å²) in [6.45, 7) is 0.689. The number of nitrogens with two attached hydrogens (primary N) is 1. The second-order valence-electron chi connectivity index (χ2n) is 3.66. The molecule has 0 saturated carbocycles. The lowest BCUT2D eigenvalue weighted by Crippen LogP contribution is -2.34. The molecule has 14 heavy (non-hydrogen) atoms. The molecule has 76 valence electrons. The van der Waals surface area contributed by atoms with E-state index >= 15 is 0 Å². The average Bonchev–Trinajstić information content (AvgIpc) is 2.55. The highest BCUT2D eigenvalue weighted by Gasteiger charge is 2.27. The fraction of sp³-hybridized carbons (Fsp3) is 0.455. The van der Waals surface area contributed by atoms with Gasteiger partial charge in [0, 0.05) is 30.9 Å². The zero-order valence-electron chi connectivity index (χ0n) is 8.66. The first-order chi connectivity index (χ1) is 6.77. The van der Waals surface area contributed by atoms with Gasteiger partial charge in [0.05, 0.1) is 7.11 Å². The van der Waals surface area contributed by atoms with Crippen LogP contribution in [0.5, 0.6) is 5.75 Å². The van der Waals surface area contributed by atoms with Gasteiger partial charge in [0.25, 0.3) is 0 Å². The number of hydrogen-bond donors (Lipinski definition) is 1. The standard InChI is InChI=1S/C11H16N2O/c1-13-8(7-12)6-9-10(13)4-3-5-11(9)14-2/h3-5,8H,6-7,12H2,1-2H3. The van der Waals surface area contributed by atoms with E-state index in [1.54, 1.807) is 7.11 Å². The molecule has 0 spiro atoms. The van der Waals surface area contributed by atoms with Gasteiger partial charge >= 0.3 is 0 Å². The van der Waals surface area contributed by atoms with Crippen molar-refractivity contribution in [2.24, 2.45) is 5.73 Å². The minimum Gasteiger partial charge on any atom is -0.496 e. The lowest BCUT2D eigenvalue weighted by molar-refractivity contribution is 0.410. The fourth-order valence-corrected chi connectivity index (χ4v) is 2.09. The van der Waals surface area contributed by atoms with Crippen LogP contribution >= 0.6 is 0 Å². The van der Waals surface area contributed by atoms with Crippen LogP contribution in [-0.2, 0) is 6.42 Å². The first-order valence-corrected chi connectivity index (χ1v) is 4.86. The Kier molecular flexibility index (Phi) is 2.33. The molecular formula is C11H16N2O. The Hall–Kier alpha value is -1.22. The quantitative estimate of drug-likeness (QED) is 0.760. The SMILES string of the molecule is COc1cccc2c1CC(CN)N2C. The topological polar surface area (TPSA) is 38.5 Å². The maximum atomic E-state index is 5.71. The van der Waals surface area contributed by atoms with Crippen LogP contribution in [0.15, 0.2) is 18.2 Å². The molecule has 0 bridgehead atoms. The van der Waals surface area contributed by atoms with E-state index in [4.69, 9.17) is 10.5 Å². The number of methoxy groups -OCH3 is 1. The molecule has 2 rings (SSSR count). The molecule has 1 aliphatic rings. The second-order valence-corrected chi connectivity index (χ2v) is 3.66. The first-order valence-electron chi connectivity index (χ1n) is 4.86. The van der Waals surface area contributed by atoms with Crippen LogP contribution in [0.3, 0.4) is 0 Å². The van der Waals surface area contributed by atoms with Gasteiger partial charge in [-0.05, 0) is 18.6 Å². The second kappa shape index (κ2) is 3.50. The molecule has 0 fully saturated rings. The number of benzene rings is 1. The fourth-order valence-electron chi connectivity index (χ4n) is 2.09. The highest BCUT2D eigenvalue weighted by atomic mass is 16.5. The number of ether oxygens (including phenoxy) is 1. The van der Waals surface area contributed by atoms with E-state index in [9.17, 15) is 0 Å². The van der Waals surface area contributed by atoms with E-state index in [1.165, 1.54) is 11.3 Å². The number of anilines is 1. The summed E-state index contributed by atoms with van der Waals surface area (Å²) in [6, 6.07) is 6.56. The van der Waals surface area contributed by atoms with E-state index in [1.807, 2.05) is 12.1 Å². The number of likely N-dealkylation sites (N-methyl/N-ethyl adjacent to an activating group) is 1. The van der Waals surface area contributed by atoms with E-state index in [0.717, 1.165) is 12.2 Å². The van der Waals surface area contributed by atoms with Crippen molar-refractivity contribution >= 4 is 5.69 Å². The Morgan fingerprint density at radius 1 is 1.57 bits per heavy atom. The predicted octanol–water partition coefficient (Wildman–Crippen LogP) is 1.01. The molecule has 1 heterocycles. The molecular weight excluding hydrogens is 176 g/mol. The molecule has 1 aromatic carbocycles. The van der Waals surface area contributed by atoms with Crippen LogP contribution in [-0.4, -0.2) is 26.7 Å². The molecule has 0 saturated heterocycles. The Balaban J connectivity index is 2.42. The third-order valence-corrected chi connectivity index (χ3v) is 2.97. The maximum absolute atomic E-state index is 5.71. The van der Waals surface area contributed by atoms with Gasteiger partial charge in [-0.2, -0.15) is 0 Å². The Morgan fingerprint density at radius 2 is 2.36 bits per heavy atom. The lowest BCUT2D eigenvalue weighted by Gasteiger charge is -2.20. The van der Waals surface area contributed by atoms with Gasteiger partial charge in [-0.1, -0.05) is 6.07 Å². The summed E-state index contributed by atoms with van der Waals surface area (Å²) in [7, 11) is 3.80. The molecule has 1 atom stereocenters. The zero-order valence-corrected chi connectivity index (χ0v) is 8.66. The molecule has 3 nitrogen and oxygen atoms in total. The van der Waals surface area contributed by atoms with E-state index < -0.39 is 0 Å². The third-order valence-electron chi connectivity index (χ3n) is 2.97. The maximum Gasteiger partial charge on any atom is 0.124 e. The Bertz CT molecular complexity index is 338. The van der Waals surface area contributed by atoms with Crippen molar-refractivity contribution in [1.29, 1.82) is 0 Å². The highest BCUT2D eigenvalue weighted by molar-refractivity contribution is 5.64. The van der Waals surface area contributed by atoms with Crippen molar-refractivity contribution in [2.75, 3.05) is 25.6 Å². The molecule has 1 aromatic rings.